The van der Waals surface area contributed by atoms with Crippen molar-refractivity contribution in [1.82, 2.24) is 20.3 Å². The molecule has 0 spiro atoms. The summed E-state index contributed by atoms with van der Waals surface area (Å²) in [4.78, 5) is 23.3. The number of fused-ring (bicyclic) bond motifs is 2. The molecule has 2 aromatic carbocycles. The molecule has 1 atom stereocenters. The summed E-state index contributed by atoms with van der Waals surface area (Å²) in [5, 5.41) is 7.01. The average molecular weight is 381 g/mol. The molecule has 3 heterocycles. The average Bonchev–Trinajstić information content (AvgIpc) is 3.32. The number of nitrogens with zero attached hydrogens (tertiary/aromatic N) is 1. The van der Waals surface area contributed by atoms with Gasteiger partial charge in [-0.25, -0.2) is 13.8 Å². The first-order valence-electron chi connectivity index (χ1n) is 9.07. The molecule has 28 heavy (non-hydrogen) atoms. The molecule has 0 saturated carbocycles. The molecule has 8 heteroatoms. The van der Waals surface area contributed by atoms with Crippen molar-refractivity contribution in [2.45, 2.75) is 12.5 Å². The van der Waals surface area contributed by atoms with Gasteiger partial charge in [0.1, 0.15) is 11.4 Å². The normalized spacial score (nSPS) is 16.9. The number of pyridine rings is 1. The number of rotatable bonds is 3. The van der Waals surface area contributed by atoms with Crippen LogP contribution in [0.5, 0.6) is 0 Å². The molecule has 0 bridgehead atoms. The van der Waals surface area contributed by atoms with E-state index >= 15 is 0 Å². The van der Waals surface area contributed by atoms with Crippen LogP contribution in [0.1, 0.15) is 6.42 Å². The molecular formula is C20H17F2N5O. The van der Waals surface area contributed by atoms with Crippen LogP contribution in [-0.4, -0.2) is 34.1 Å². The molecule has 1 aliphatic heterocycles. The Balaban J connectivity index is 1.79. The number of aromatic amines is 2. The molecule has 5 rings (SSSR count). The lowest BCUT2D eigenvalue weighted by molar-refractivity contribution is 0.510. The van der Waals surface area contributed by atoms with Crippen LogP contribution >= 0.6 is 0 Å². The number of anilines is 1. The third kappa shape index (κ3) is 2.73. The van der Waals surface area contributed by atoms with Crippen molar-refractivity contribution in [3.05, 3.63) is 58.4 Å². The van der Waals surface area contributed by atoms with Crippen molar-refractivity contribution in [3.8, 4) is 11.4 Å². The number of benzene rings is 2. The molecule has 1 fully saturated rings. The van der Waals surface area contributed by atoms with Gasteiger partial charge in [-0.15, -0.1) is 0 Å². The largest absolute Gasteiger partial charge is 0.380 e. The number of hydrogen-bond donors (Lipinski definition) is 4. The molecule has 0 aliphatic carbocycles. The first-order valence-corrected chi connectivity index (χ1v) is 9.07. The second-order valence-electron chi connectivity index (χ2n) is 6.95. The quantitative estimate of drug-likeness (QED) is 0.439. The van der Waals surface area contributed by atoms with Crippen LogP contribution in [0.2, 0.25) is 0 Å². The number of aromatic nitrogens is 3. The van der Waals surface area contributed by atoms with Crippen LogP contribution in [0, 0.1) is 11.6 Å². The minimum atomic E-state index is -1.01. The summed E-state index contributed by atoms with van der Waals surface area (Å²) < 4.78 is 27.7. The third-order valence-corrected chi connectivity index (χ3v) is 5.09. The van der Waals surface area contributed by atoms with Gasteiger partial charge in [0.15, 0.2) is 11.6 Å². The number of imidazole rings is 1. The van der Waals surface area contributed by atoms with Crippen molar-refractivity contribution >= 4 is 27.6 Å². The maximum Gasteiger partial charge on any atom is 0.261 e. The highest BCUT2D eigenvalue weighted by Crippen LogP contribution is 2.32. The zero-order valence-electron chi connectivity index (χ0n) is 14.8. The van der Waals surface area contributed by atoms with Gasteiger partial charge in [-0.3, -0.25) is 4.79 Å². The molecule has 1 saturated heterocycles. The Labute approximate surface area is 158 Å². The van der Waals surface area contributed by atoms with E-state index in [1.807, 2.05) is 24.3 Å². The highest BCUT2D eigenvalue weighted by atomic mass is 19.2. The van der Waals surface area contributed by atoms with Gasteiger partial charge in [-0.2, -0.15) is 0 Å². The van der Waals surface area contributed by atoms with Gasteiger partial charge in [0.05, 0.1) is 22.2 Å². The van der Waals surface area contributed by atoms with Crippen LogP contribution < -0.4 is 16.2 Å². The number of nitrogens with one attached hydrogen (secondary N) is 4. The predicted octanol–water partition coefficient (Wildman–Crippen LogP) is 3.12. The summed E-state index contributed by atoms with van der Waals surface area (Å²) >= 11 is 0. The summed E-state index contributed by atoms with van der Waals surface area (Å²) in [6.45, 7) is 1.57. The molecule has 142 valence electrons. The Morgan fingerprint density at radius 3 is 2.68 bits per heavy atom. The van der Waals surface area contributed by atoms with E-state index < -0.39 is 17.2 Å². The molecule has 2 aromatic heterocycles. The molecule has 4 aromatic rings. The van der Waals surface area contributed by atoms with E-state index in [9.17, 15) is 13.6 Å². The van der Waals surface area contributed by atoms with Crippen molar-refractivity contribution in [3.63, 3.8) is 0 Å². The molecule has 1 unspecified atom stereocenters. The van der Waals surface area contributed by atoms with Crippen molar-refractivity contribution in [2.24, 2.45) is 0 Å². The van der Waals surface area contributed by atoms with Gasteiger partial charge in [0, 0.05) is 24.0 Å². The van der Waals surface area contributed by atoms with Crippen LogP contribution in [0.4, 0.5) is 14.5 Å². The highest BCUT2D eigenvalue weighted by Gasteiger charge is 2.23. The molecule has 4 N–H and O–H groups in total. The highest BCUT2D eigenvalue weighted by molar-refractivity contribution is 5.99. The zero-order chi connectivity index (χ0) is 19.3. The Morgan fingerprint density at radius 1 is 1.07 bits per heavy atom. The summed E-state index contributed by atoms with van der Waals surface area (Å²) in [5.41, 5.74) is 2.04. The first-order chi connectivity index (χ1) is 13.6. The Bertz CT molecular complexity index is 1220. The maximum absolute atomic E-state index is 14.0. The Morgan fingerprint density at radius 2 is 1.89 bits per heavy atom. The van der Waals surface area contributed by atoms with Crippen LogP contribution in [0.3, 0.4) is 0 Å². The van der Waals surface area contributed by atoms with E-state index in [1.54, 1.807) is 0 Å². The van der Waals surface area contributed by atoms with Crippen molar-refractivity contribution in [2.75, 3.05) is 18.4 Å². The second-order valence-corrected chi connectivity index (χ2v) is 6.95. The smallest absolute Gasteiger partial charge is 0.261 e. The predicted molar refractivity (Wildman–Crippen MR) is 104 cm³/mol. The first kappa shape index (κ1) is 16.9. The lowest BCUT2D eigenvalue weighted by Crippen LogP contribution is -2.25. The lowest BCUT2D eigenvalue weighted by Gasteiger charge is -2.18. The van der Waals surface area contributed by atoms with E-state index in [0.29, 0.717) is 16.9 Å². The fraction of sp³-hybridized carbons (Fsp3) is 0.200. The summed E-state index contributed by atoms with van der Waals surface area (Å²) in [5.74, 6) is -1.60. The topological polar surface area (TPSA) is 85.6 Å². The van der Waals surface area contributed by atoms with Gasteiger partial charge < -0.3 is 20.6 Å². The molecule has 0 amide bonds. The van der Waals surface area contributed by atoms with Gasteiger partial charge >= 0.3 is 0 Å². The monoisotopic (exact) mass is 381 g/mol. The van der Waals surface area contributed by atoms with Gasteiger partial charge in [-0.05, 0) is 31.2 Å². The minimum Gasteiger partial charge on any atom is -0.380 e. The summed E-state index contributed by atoms with van der Waals surface area (Å²) in [7, 11) is 0. The molecular weight excluding hydrogens is 364 g/mol. The van der Waals surface area contributed by atoms with Gasteiger partial charge in [0.2, 0.25) is 0 Å². The van der Waals surface area contributed by atoms with E-state index in [1.165, 1.54) is 0 Å². The molecule has 0 radical (unpaired) electrons. The standard InChI is InChI=1S/C20H17F2N5O/c21-12-7-11-16(8-13(12)22)27-20(28)17(18(11)24-10-5-6-23-9-10)19-25-14-3-1-2-4-15(14)26-19/h1-4,7-8,10,23H,5-6,9H2,(H,25,26)(H2,24,27,28). The zero-order valence-corrected chi connectivity index (χ0v) is 14.8. The van der Waals surface area contributed by atoms with E-state index in [-0.39, 0.29) is 17.1 Å². The summed E-state index contributed by atoms with van der Waals surface area (Å²) in [6.07, 6.45) is 0.859. The van der Waals surface area contributed by atoms with E-state index in [0.717, 1.165) is 42.7 Å². The molecule has 1 aliphatic rings. The minimum absolute atomic E-state index is 0.0706. The Hall–Kier alpha value is -3.26. The second kappa shape index (κ2) is 6.42. The fourth-order valence-corrected chi connectivity index (χ4v) is 3.72. The van der Waals surface area contributed by atoms with Gasteiger partial charge in [-0.1, -0.05) is 12.1 Å². The fourth-order valence-electron chi connectivity index (χ4n) is 3.72. The van der Waals surface area contributed by atoms with Crippen molar-refractivity contribution < 1.29 is 8.78 Å². The van der Waals surface area contributed by atoms with Crippen LogP contribution in [0.15, 0.2) is 41.2 Å². The van der Waals surface area contributed by atoms with E-state index in [4.69, 9.17) is 0 Å². The Kier molecular flexibility index (Phi) is 3.87. The number of hydrogen-bond acceptors (Lipinski definition) is 4. The van der Waals surface area contributed by atoms with E-state index in [2.05, 4.69) is 25.6 Å². The third-order valence-electron chi connectivity index (χ3n) is 5.09. The number of para-hydroxylation sites is 2. The lowest BCUT2D eigenvalue weighted by atomic mass is 10.1. The molecule has 6 nitrogen and oxygen atoms in total. The number of halogens is 2. The van der Waals surface area contributed by atoms with Crippen LogP contribution in [-0.2, 0) is 0 Å². The number of H-pyrrole nitrogens is 2. The van der Waals surface area contributed by atoms with Crippen molar-refractivity contribution in [1.29, 1.82) is 0 Å². The van der Waals surface area contributed by atoms with Crippen LogP contribution in [0.25, 0.3) is 33.3 Å². The SMILES string of the molecule is O=c1[nH]c2cc(F)c(F)cc2c(NC2CCNC2)c1-c1nc2ccccc2[nH]1. The maximum atomic E-state index is 14.0. The summed E-state index contributed by atoms with van der Waals surface area (Å²) in [6, 6.07) is 9.62. The van der Waals surface area contributed by atoms with Gasteiger partial charge in [0.25, 0.3) is 5.56 Å².